The van der Waals surface area contributed by atoms with E-state index in [9.17, 15) is 14.4 Å². The van der Waals surface area contributed by atoms with E-state index < -0.39 is 11.2 Å². The summed E-state index contributed by atoms with van der Waals surface area (Å²) in [6, 6.07) is 18.7. The number of aromatic amines is 1. The normalized spacial score (nSPS) is 11.1. The van der Waals surface area contributed by atoms with Crippen molar-refractivity contribution in [3.05, 3.63) is 103 Å². The lowest BCUT2D eigenvalue weighted by atomic mass is 10.2. The van der Waals surface area contributed by atoms with Crippen molar-refractivity contribution in [3.63, 3.8) is 0 Å². The Morgan fingerprint density at radius 2 is 1.85 bits per heavy atom. The third-order valence-electron chi connectivity index (χ3n) is 4.54. The number of hydrogen-bond donors (Lipinski definition) is 2. The highest BCUT2D eigenvalue weighted by Crippen LogP contribution is 2.32. The molecule has 0 saturated heterocycles. The Morgan fingerprint density at radius 3 is 2.64 bits per heavy atom. The zero-order chi connectivity index (χ0) is 23.4. The summed E-state index contributed by atoms with van der Waals surface area (Å²) < 4.78 is 6.88. The first-order valence-electron chi connectivity index (χ1n) is 9.67. The Kier molecular flexibility index (Phi) is 6.71. The van der Waals surface area contributed by atoms with Gasteiger partial charge in [-0.25, -0.2) is 4.79 Å². The maximum absolute atomic E-state index is 12.7. The molecule has 0 bridgehead atoms. The number of nitrogens with one attached hydrogen (secondary N) is 2. The maximum atomic E-state index is 12.7. The number of ether oxygens (including phenoxy) is 1. The molecule has 4 aromatic rings. The molecule has 0 saturated carbocycles. The molecular weight excluding hydrogens is 512 g/mol. The molecule has 8 nitrogen and oxygen atoms in total. The average molecular weight is 528 g/mol. The van der Waals surface area contributed by atoms with Gasteiger partial charge in [0.1, 0.15) is 5.75 Å². The summed E-state index contributed by atoms with van der Waals surface area (Å²) in [5.74, 6) is -0.0928. The molecule has 1 heterocycles. The predicted molar refractivity (Wildman–Crippen MR) is 132 cm³/mol. The third-order valence-corrected chi connectivity index (χ3v) is 5.35. The van der Waals surface area contributed by atoms with Crippen LogP contribution in [-0.4, -0.2) is 28.4 Å². The van der Waals surface area contributed by atoms with Gasteiger partial charge in [0, 0.05) is 16.3 Å². The summed E-state index contributed by atoms with van der Waals surface area (Å²) in [5, 5.41) is 7.44. The Labute approximate surface area is 200 Å². The van der Waals surface area contributed by atoms with Crippen molar-refractivity contribution < 1.29 is 9.53 Å². The van der Waals surface area contributed by atoms with Crippen molar-refractivity contribution in [2.45, 2.75) is 0 Å². The quantitative estimate of drug-likeness (QED) is 0.370. The summed E-state index contributed by atoms with van der Waals surface area (Å²) in [4.78, 5) is 39.9. The van der Waals surface area contributed by atoms with Crippen LogP contribution in [0.25, 0.3) is 10.9 Å². The first-order chi connectivity index (χ1) is 15.9. The number of carbonyl (C=O) groups excluding carboxylic acids is 1. The molecule has 0 aliphatic rings. The van der Waals surface area contributed by atoms with Crippen LogP contribution in [0.15, 0.2) is 85.9 Å². The summed E-state index contributed by atoms with van der Waals surface area (Å²) in [5.41, 5.74) is 0.148. The van der Waals surface area contributed by atoms with Crippen LogP contribution in [-0.2, 0) is 4.79 Å². The van der Waals surface area contributed by atoms with Gasteiger partial charge in [-0.1, -0.05) is 41.9 Å². The number of amides is 1. The van der Waals surface area contributed by atoms with Crippen molar-refractivity contribution in [2.75, 3.05) is 11.9 Å². The molecule has 0 atom stereocenters. The van der Waals surface area contributed by atoms with E-state index in [1.807, 2.05) is 6.07 Å². The number of H-pyrrole nitrogens is 1. The number of para-hydroxylation sites is 2. The number of anilines is 1. The number of aromatic nitrogens is 2. The standard InChI is InChI=1S/C23H16BrClN4O4/c24-18-11-15(25)10-14(21(18)33-13-20(30)27-16-6-2-1-3-7-16)12-26-29-22(31)17-8-4-5-9-19(17)28-23(29)32/h1-12H,13H2,(H,27,30)(H,28,32). The van der Waals surface area contributed by atoms with Gasteiger partial charge >= 0.3 is 5.69 Å². The van der Waals surface area contributed by atoms with Crippen LogP contribution in [0.2, 0.25) is 5.02 Å². The molecule has 166 valence electrons. The van der Waals surface area contributed by atoms with Gasteiger partial charge in [-0.2, -0.15) is 5.10 Å². The van der Waals surface area contributed by atoms with Crippen LogP contribution in [0.3, 0.4) is 0 Å². The van der Waals surface area contributed by atoms with Crippen molar-refractivity contribution in [1.82, 2.24) is 9.66 Å². The molecular formula is C23H16BrClN4O4. The van der Waals surface area contributed by atoms with Crippen molar-refractivity contribution in [1.29, 1.82) is 0 Å². The Hall–Kier alpha value is -3.69. The van der Waals surface area contributed by atoms with E-state index in [4.69, 9.17) is 16.3 Å². The van der Waals surface area contributed by atoms with Gasteiger partial charge in [-0.15, -0.1) is 4.68 Å². The molecule has 1 aromatic heterocycles. The smallest absolute Gasteiger partial charge is 0.349 e. The molecule has 4 rings (SSSR count). The van der Waals surface area contributed by atoms with Gasteiger partial charge in [0.05, 0.1) is 21.6 Å². The van der Waals surface area contributed by atoms with Gasteiger partial charge in [-0.3, -0.25) is 9.59 Å². The second-order valence-corrected chi connectivity index (χ2v) is 8.14. The fraction of sp³-hybridized carbons (Fsp3) is 0.0435. The molecule has 10 heteroatoms. The highest BCUT2D eigenvalue weighted by Gasteiger charge is 2.13. The topological polar surface area (TPSA) is 106 Å². The number of carbonyl (C=O) groups is 1. The number of nitrogens with zero attached hydrogens (tertiary/aromatic N) is 2. The van der Waals surface area contributed by atoms with Gasteiger partial charge in [0.25, 0.3) is 11.5 Å². The minimum absolute atomic E-state index is 0.275. The number of fused-ring (bicyclic) bond motifs is 1. The minimum Gasteiger partial charge on any atom is -0.482 e. The fourth-order valence-corrected chi connectivity index (χ4v) is 4.01. The molecule has 0 radical (unpaired) electrons. The molecule has 1 amide bonds. The lowest BCUT2D eigenvalue weighted by Crippen LogP contribution is -2.32. The molecule has 0 spiro atoms. The highest BCUT2D eigenvalue weighted by atomic mass is 79.9. The molecule has 33 heavy (non-hydrogen) atoms. The number of hydrogen-bond acceptors (Lipinski definition) is 5. The van der Waals surface area contributed by atoms with Crippen LogP contribution in [0.1, 0.15) is 5.56 Å². The number of halogens is 2. The molecule has 2 N–H and O–H groups in total. The Morgan fingerprint density at radius 1 is 1.12 bits per heavy atom. The Bertz CT molecular complexity index is 1480. The minimum atomic E-state index is -0.694. The summed E-state index contributed by atoms with van der Waals surface area (Å²) in [7, 11) is 0. The SMILES string of the molecule is O=C(COc1c(Br)cc(Cl)cc1C=Nn1c(=O)[nH]c2ccccc2c1=O)Nc1ccccc1. The zero-order valence-electron chi connectivity index (χ0n) is 16.9. The monoisotopic (exact) mass is 526 g/mol. The molecule has 0 aliphatic heterocycles. The number of rotatable bonds is 6. The second kappa shape index (κ2) is 9.85. The van der Waals surface area contributed by atoms with Gasteiger partial charge in [0.2, 0.25) is 0 Å². The molecule has 0 unspecified atom stereocenters. The maximum Gasteiger partial charge on any atom is 0.349 e. The van der Waals surface area contributed by atoms with E-state index in [0.29, 0.717) is 36.3 Å². The number of benzene rings is 3. The largest absolute Gasteiger partial charge is 0.482 e. The lowest BCUT2D eigenvalue weighted by molar-refractivity contribution is -0.118. The third kappa shape index (κ3) is 5.21. The lowest BCUT2D eigenvalue weighted by Gasteiger charge is -2.12. The summed E-state index contributed by atoms with van der Waals surface area (Å²) >= 11 is 9.52. The van der Waals surface area contributed by atoms with Crippen LogP contribution in [0.5, 0.6) is 5.75 Å². The van der Waals surface area contributed by atoms with Crippen molar-refractivity contribution in [3.8, 4) is 5.75 Å². The summed E-state index contributed by atoms with van der Waals surface area (Å²) in [6.07, 6.45) is 1.27. The van der Waals surface area contributed by atoms with E-state index in [1.165, 1.54) is 6.21 Å². The van der Waals surface area contributed by atoms with Crippen molar-refractivity contribution >= 4 is 56.2 Å². The van der Waals surface area contributed by atoms with Gasteiger partial charge in [-0.05, 0) is 52.3 Å². The van der Waals surface area contributed by atoms with E-state index in [2.05, 4.69) is 31.3 Å². The molecule has 0 fully saturated rings. The van der Waals surface area contributed by atoms with Crippen LogP contribution < -0.4 is 21.3 Å². The first kappa shape index (κ1) is 22.5. The zero-order valence-corrected chi connectivity index (χ0v) is 19.3. The second-order valence-electron chi connectivity index (χ2n) is 6.85. The fourth-order valence-electron chi connectivity index (χ4n) is 3.06. The van der Waals surface area contributed by atoms with E-state index in [0.717, 1.165) is 0 Å². The van der Waals surface area contributed by atoms with Crippen molar-refractivity contribution in [2.24, 2.45) is 5.10 Å². The van der Waals surface area contributed by atoms with Crippen LogP contribution in [0.4, 0.5) is 5.69 Å². The summed E-state index contributed by atoms with van der Waals surface area (Å²) in [6.45, 7) is -0.285. The van der Waals surface area contributed by atoms with E-state index >= 15 is 0 Å². The van der Waals surface area contributed by atoms with Crippen LogP contribution in [0, 0.1) is 0 Å². The average Bonchev–Trinajstić information content (AvgIpc) is 2.79. The van der Waals surface area contributed by atoms with Crippen LogP contribution >= 0.6 is 27.5 Å². The van der Waals surface area contributed by atoms with E-state index in [-0.39, 0.29) is 18.3 Å². The predicted octanol–water partition coefficient (Wildman–Crippen LogP) is 4.01. The van der Waals surface area contributed by atoms with E-state index in [1.54, 1.807) is 60.7 Å². The highest BCUT2D eigenvalue weighted by molar-refractivity contribution is 9.10. The first-order valence-corrected chi connectivity index (χ1v) is 10.8. The van der Waals surface area contributed by atoms with Gasteiger partial charge in [0.15, 0.2) is 6.61 Å². The Balaban J connectivity index is 1.62. The van der Waals surface area contributed by atoms with Gasteiger partial charge < -0.3 is 15.0 Å². The molecule has 0 aliphatic carbocycles. The molecule has 3 aromatic carbocycles.